The van der Waals surface area contributed by atoms with Crippen LogP contribution in [0.15, 0.2) is 12.1 Å². The number of carbonyl (C=O) groups is 1. The molecule has 1 aromatic carbocycles. The lowest BCUT2D eigenvalue weighted by atomic mass is 10.0. The lowest BCUT2D eigenvalue weighted by molar-refractivity contribution is -0.118. The van der Waals surface area contributed by atoms with Crippen molar-refractivity contribution in [3.8, 4) is 5.75 Å². The molecule has 4 nitrogen and oxygen atoms in total. The zero-order valence-corrected chi connectivity index (χ0v) is 11.7. The standard InChI is InChI=1S/C14H22N2O2/c1-8(2)12(15)14(17)16-11-7-6-9(3)13(18-5)10(11)4/h6-8,12H,15H2,1-5H3,(H,16,17)/t12-/m0/s1. The van der Waals surface area contributed by atoms with Crippen LogP contribution < -0.4 is 15.8 Å². The highest BCUT2D eigenvalue weighted by molar-refractivity contribution is 5.95. The fourth-order valence-corrected chi connectivity index (χ4v) is 1.80. The number of nitrogens with two attached hydrogens (primary N) is 1. The van der Waals surface area contributed by atoms with Gasteiger partial charge >= 0.3 is 0 Å². The van der Waals surface area contributed by atoms with Crippen molar-refractivity contribution in [1.29, 1.82) is 0 Å². The van der Waals surface area contributed by atoms with Crippen molar-refractivity contribution in [1.82, 2.24) is 0 Å². The molecule has 0 aliphatic carbocycles. The van der Waals surface area contributed by atoms with Crippen LogP contribution >= 0.6 is 0 Å². The minimum absolute atomic E-state index is 0.109. The van der Waals surface area contributed by atoms with Gasteiger partial charge in [-0.2, -0.15) is 0 Å². The lowest BCUT2D eigenvalue weighted by Gasteiger charge is -2.18. The average molecular weight is 250 g/mol. The number of carbonyl (C=O) groups excluding carboxylic acids is 1. The van der Waals surface area contributed by atoms with Crippen LogP contribution in [0.4, 0.5) is 5.69 Å². The molecule has 1 atom stereocenters. The highest BCUT2D eigenvalue weighted by Crippen LogP contribution is 2.29. The van der Waals surface area contributed by atoms with Crippen LogP contribution in [0.25, 0.3) is 0 Å². The predicted octanol–water partition coefficient (Wildman–Crippen LogP) is 2.23. The Bertz CT molecular complexity index is 442. The van der Waals surface area contributed by atoms with E-state index >= 15 is 0 Å². The van der Waals surface area contributed by atoms with Crippen LogP contribution in [0.3, 0.4) is 0 Å². The first-order valence-electron chi connectivity index (χ1n) is 6.09. The molecule has 18 heavy (non-hydrogen) atoms. The molecule has 1 aromatic rings. The molecule has 3 N–H and O–H groups in total. The molecular formula is C14H22N2O2. The van der Waals surface area contributed by atoms with Crippen molar-refractivity contribution in [3.63, 3.8) is 0 Å². The average Bonchev–Trinajstić information content (AvgIpc) is 2.32. The number of rotatable bonds is 4. The number of nitrogens with one attached hydrogen (secondary N) is 1. The highest BCUT2D eigenvalue weighted by Gasteiger charge is 2.18. The maximum atomic E-state index is 11.9. The molecule has 0 unspecified atom stereocenters. The van der Waals surface area contributed by atoms with Gasteiger partial charge in [-0.05, 0) is 31.4 Å². The van der Waals surface area contributed by atoms with Gasteiger partial charge in [0.05, 0.1) is 13.2 Å². The van der Waals surface area contributed by atoms with E-state index in [2.05, 4.69) is 5.32 Å². The summed E-state index contributed by atoms with van der Waals surface area (Å²) in [5, 5.41) is 2.85. The number of anilines is 1. The second-order valence-corrected chi connectivity index (χ2v) is 4.85. The van der Waals surface area contributed by atoms with E-state index in [0.29, 0.717) is 0 Å². The molecule has 0 bridgehead atoms. The van der Waals surface area contributed by atoms with E-state index in [4.69, 9.17) is 10.5 Å². The molecule has 0 radical (unpaired) electrons. The Morgan fingerprint density at radius 3 is 2.44 bits per heavy atom. The Labute approximate surface area is 109 Å². The summed E-state index contributed by atoms with van der Waals surface area (Å²) < 4.78 is 5.32. The van der Waals surface area contributed by atoms with Gasteiger partial charge in [0.1, 0.15) is 5.75 Å². The fraction of sp³-hybridized carbons (Fsp3) is 0.500. The van der Waals surface area contributed by atoms with Crippen LogP contribution in [0.2, 0.25) is 0 Å². The monoisotopic (exact) mass is 250 g/mol. The maximum Gasteiger partial charge on any atom is 0.241 e. The summed E-state index contributed by atoms with van der Waals surface area (Å²) in [4.78, 5) is 11.9. The van der Waals surface area contributed by atoms with E-state index in [-0.39, 0.29) is 11.8 Å². The van der Waals surface area contributed by atoms with E-state index in [1.54, 1.807) is 7.11 Å². The van der Waals surface area contributed by atoms with Gasteiger partial charge in [-0.15, -0.1) is 0 Å². The minimum atomic E-state index is -0.503. The van der Waals surface area contributed by atoms with E-state index in [9.17, 15) is 4.79 Å². The number of amides is 1. The third-order valence-electron chi connectivity index (χ3n) is 3.09. The molecule has 0 aromatic heterocycles. The molecule has 4 heteroatoms. The number of benzene rings is 1. The SMILES string of the molecule is COc1c(C)ccc(NC(=O)[C@@H](N)C(C)C)c1C. The topological polar surface area (TPSA) is 64.3 Å². The summed E-state index contributed by atoms with van der Waals surface area (Å²) in [5.41, 5.74) is 8.52. The molecule has 1 rings (SSSR count). The van der Waals surface area contributed by atoms with Crippen LogP contribution in [0, 0.1) is 19.8 Å². The first-order valence-corrected chi connectivity index (χ1v) is 6.09. The Morgan fingerprint density at radius 2 is 1.94 bits per heavy atom. The lowest BCUT2D eigenvalue weighted by Crippen LogP contribution is -2.39. The van der Waals surface area contributed by atoms with Crippen molar-refractivity contribution in [2.45, 2.75) is 33.7 Å². The quantitative estimate of drug-likeness (QED) is 0.861. The Balaban J connectivity index is 2.96. The Morgan fingerprint density at radius 1 is 1.33 bits per heavy atom. The maximum absolute atomic E-state index is 11.9. The summed E-state index contributed by atoms with van der Waals surface area (Å²) in [6.07, 6.45) is 0. The number of methoxy groups -OCH3 is 1. The van der Waals surface area contributed by atoms with Crippen molar-refractivity contribution in [2.75, 3.05) is 12.4 Å². The summed E-state index contributed by atoms with van der Waals surface area (Å²) in [6.45, 7) is 7.74. The Kier molecular flexibility index (Phi) is 4.73. The van der Waals surface area contributed by atoms with Crippen LogP contribution in [0.5, 0.6) is 5.75 Å². The second kappa shape index (κ2) is 5.87. The van der Waals surface area contributed by atoms with E-state index < -0.39 is 6.04 Å². The van der Waals surface area contributed by atoms with E-state index in [1.165, 1.54) is 0 Å². The van der Waals surface area contributed by atoms with Crippen molar-refractivity contribution in [2.24, 2.45) is 11.7 Å². The van der Waals surface area contributed by atoms with Gasteiger partial charge in [0.2, 0.25) is 5.91 Å². The number of hydrogen-bond donors (Lipinski definition) is 2. The summed E-state index contributed by atoms with van der Waals surface area (Å²) in [6, 6.07) is 3.29. The molecule has 0 aliphatic heterocycles. The summed E-state index contributed by atoms with van der Waals surface area (Å²) in [5.74, 6) is 0.738. The normalized spacial score (nSPS) is 12.4. The van der Waals surface area contributed by atoms with Gasteiger partial charge in [0.25, 0.3) is 0 Å². The van der Waals surface area contributed by atoms with Gasteiger partial charge in [-0.3, -0.25) is 4.79 Å². The largest absolute Gasteiger partial charge is 0.496 e. The van der Waals surface area contributed by atoms with E-state index in [0.717, 1.165) is 22.6 Å². The third kappa shape index (κ3) is 3.01. The molecular weight excluding hydrogens is 228 g/mol. The molecule has 1 amide bonds. The predicted molar refractivity (Wildman–Crippen MR) is 73.9 cm³/mol. The van der Waals surface area contributed by atoms with Crippen molar-refractivity contribution in [3.05, 3.63) is 23.3 Å². The van der Waals surface area contributed by atoms with Crippen molar-refractivity contribution < 1.29 is 9.53 Å². The number of hydrogen-bond acceptors (Lipinski definition) is 3. The number of ether oxygens (including phenoxy) is 1. The zero-order chi connectivity index (χ0) is 13.9. The first-order chi connectivity index (χ1) is 8.38. The molecule has 0 saturated heterocycles. The third-order valence-corrected chi connectivity index (χ3v) is 3.09. The van der Waals surface area contributed by atoms with Crippen LogP contribution in [-0.2, 0) is 4.79 Å². The van der Waals surface area contributed by atoms with Gasteiger partial charge in [0.15, 0.2) is 0 Å². The van der Waals surface area contributed by atoms with Gasteiger partial charge in [-0.25, -0.2) is 0 Å². The second-order valence-electron chi connectivity index (χ2n) is 4.85. The van der Waals surface area contributed by atoms with Gasteiger partial charge in [0, 0.05) is 11.3 Å². The fourth-order valence-electron chi connectivity index (χ4n) is 1.80. The summed E-state index contributed by atoms with van der Waals surface area (Å²) in [7, 11) is 1.63. The summed E-state index contributed by atoms with van der Waals surface area (Å²) >= 11 is 0. The van der Waals surface area contributed by atoms with Crippen molar-refractivity contribution >= 4 is 11.6 Å². The molecule has 0 fully saturated rings. The molecule has 0 saturated carbocycles. The van der Waals surface area contributed by atoms with Crippen LogP contribution in [-0.4, -0.2) is 19.1 Å². The highest BCUT2D eigenvalue weighted by atomic mass is 16.5. The smallest absolute Gasteiger partial charge is 0.241 e. The van der Waals surface area contributed by atoms with Crippen LogP contribution in [0.1, 0.15) is 25.0 Å². The molecule has 0 spiro atoms. The Hall–Kier alpha value is -1.55. The van der Waals surface area contributed by atoms with Gasteiger partial charge < -0.3 is 15.8 Å². The molecule has 0 heterocycles. The zero-order valence-electron chi connectivity index (χ0n) is 11.7. The minimum Gasteiger partial charge on any atom is -0.496 e. The number of aryl methyl sites for hydroxylation is 1. The first kappa shape index (κ1) is 14.5. The molecule has 100 valence electrons. The van der Waals surface area contributed by atoms with E-state index in [1.807, 2.05) is 39.8 Å². The van der Waals surface area contributed by atoms with Gasteiger partial charge in [-0.1, -0.05) is 19.9 Å². The molecule has 0 aliphatic rings.